The molecule has 0 unspecified atom stereocenters. The van der Waals surface area contributed by atoms with E-state index in [0.717, 1.165) is 0 Å². The first-order valence-corrected chi connectivity index (χ1v) is 9.63. The number of rotatable bonds is 8. The number of ketones is 1. The summed E-state index contributed by atoms with van der Waals surface area (Å²) in [6.45, 7) is 5.52. The zero-order valence-corrected chi connectivity index (χ0v) is 16.4. The second kappa shape index (κ2) is 9.99. The molecule has 1 N–H and O–H groups in total. The van der Waals surface area contributed by atoms with Gasteiger partial charge in [-0.25, -0.2) is 4.79 Å². The van der Waals surface area contributed by atoms with E-state index in [4.69, 9.17) is 9.15 Å². The number of esters is 1. The number of piperazine rings is 1. The van der Waals surface area contributed by atoms with Crippen LogP contribution in [0.2, 0.25) is 0 Å². The van der Waals surface area contributed by atoms with Gasteiger partial charge in [-0.15, -0.1) is 0 Å². The molecular formula is C21H25N3O5. The molecule has 0 saturated carbocycles. The minimum atomic E-state index is -0.381. The van der Waals surface area contributed by atoms with Crippen LogP contribution in [0.15, 0.2) is 47.1 Å². The number of Topliss-reactive ketones (excluding diaryl/α,β-unsaturated/α-hetero) is 1. The highest BCUT2D eigenvalue weighted by atomic mass is 16.5. The molecule has 29 heavy (non-hydrogen) atoms. The van der Waals surface area contributed by atoms with Gasteiger partial charge in [0.05, 0.1) is 31.5 Å². The summed E-state index contributed by atoms with van der Waals surface area (Å²) < 4.78 is 10.1. The standard InChI is InChI=1S/C21H25N3O5/c1-2-28-21(27)16-5-7-17(8-6-16)22-20(26)15-24-11-9-23(10-12-24)14-18(25)19-4-3-13-29-19/h3-8,13H,2,9-12,14-15H2,1H3,(H,22,26). The third-order valence-corrected chi connectivity index (χ3v) is 4.68. The van der Waals surface area contributed by atoms with E-state index in [1.165, 1.54) is 6.26 Å². The van der Waals surface area contributed by atoms with Gasteiger partial charge < -0.3 is 14.5 Å². The van der Waals surface area contributed by atoms with Gasteiger partial charge in [-0.3, -0.25) is 19.4 Å². The van der Waals surface area contributed by atoms with Crippen molar-refractivity contribution in [1.29, 1.82) is 0 Å². The predicted octanol–water partition coefficient (Wildman–Crippen LogP) is 1.90. The number of hydrogen-bond acceptors (Lipinski definition) is 7. The van der Waals surface area contributed by atoms with E-state index in [1.54, 1.807) is 43.3 Å². The molecule has 0 spiro atoms. The van der Waals surface area contributed by atoms with Crippen LogP contribution in [0.1, 0.15) is 27.8 Å². The largest absolute Gasteiger partial charge is 0.462 e. The molecule has 0 bridgehead atoms. The van der Waals surface area contributed by atoms with Crippen molar-refractivity contribution in [3.05, 3.63) is 54.0 Å². The normalized spacial score (nSPS) is 15.1. The van der Waals surface area contributed by atoms with Crippen molar-refractivity contribution in [1.82, 2.24) is 9.80 Å². The lowest BCUT2D eigenvalue weighted by Crippen LogP contribution is -2.49. The second-order valence-corrected chi connectivity index (χ2v) is 6.80. The summed E-state index contributed by atoms with van der Waals surface area (Å²) in [7, 11) is 0. The maximum Gasteiger partial charge on any atom is 0.338 e. The Bertz CT molecular complexity index is 825. The summed E-state index contributed by atoms with van der Waals surface area (Å²) in [5.41, 5.74) is 1.08. The van der Waals surface area contributed by atoms with Crippen molar-refractivity contribution >= 4 is 23.3 Å². The molecule has 8 nitrogen and oxygen atoms in total. The summed E-state index contributed by atoms with van der Waals surface area (Å²) in [6.07, 6.45) is 1.49. The smallest absolute Gasteiger partial charge is 0.338 e. The van der Waals surface area contributed by atoms with Gasteiger partial charge in [0.2, 0.25) is 11.7 Å². The first-order chi connectivity index (χ1) is 14.0. The topological polar surface area (TPSA) is 92.1 Å². The summed E-state index contributed by atoms with van der Waals surface area (Å²) >= 11 is 0. The number of nitrogens with one attached hydrogen (secondary N) is 1. The van der Waals surface area contributed by atoms with Crippen LogP contribution in [0.3, 0.4) is 0 Å². The Morgan fingerprint density at radius 2 is 1.66 bits per heavy atom. The Labute approximate surface area is 169 Å². The lowest BCUT2D eigenvalue weighted by atomic mass is 10.2. The summed E-state index contributed by atoms with van der Waals surface area (Å²) in [5.74, 6) is -0.156. The third-order valence-electron chi connectivity index (χ3n) is 4.68. The van der Waals surface area contributed by atoms with E-state index in [9.17, 15) is 14.4 Å². The molecule has 8 heteroatoms. The monoisotopic (exact) mass is 399 g/mol. The third kappa shape index (κ3) is 6.00. The number of amides is 1. The fraction of sp³-hybridized carbons (Fsp3) is 0.381. The van der Waals surface area contributed by atoms with Crippen LogP contribution < -0.4 is 5.32 Å². The summed E-state index contributed by atoms with van der Waals surface area (Å²) in [5, 5.41) is 2.84. The molecular weight excluding hydrogens is 374 g/mol. The number of carbonyl (C=O) groups excluding carboxylic acids is 3. The van der Waals surface area contributed by atoms with E-state index in [2.05, 4.69) is 15.1 Å². The molecule has 0 atom stereocenters. The van der Waals surface area contributed by atoms with Crippen LogP contribution in [0.25, 0.3) is 0 Å². The van der Waals surface area contributed by atoms with Crippen molar-refractivity contribution in [2.45, 2.75) is 6.92 Å². The molecule has 1 amide bonds. The number of ether oxygens (including phenoxy) is 1. The predicted molar refractivity (Wildman–Crippen MR) is 107 cm³/mol. The quantitative estimate of drug-likeness (QED) is 0.535. The lowest BCUT2D eigenvalue weighted by molar-refractivity contribution is -0.117. The minimum absolute atomic E-state index is 0.0348. The van der Waals surface area contributed by atoms with Crippen molar-refractivity contribution in [3.8, 4) is 0 Å². The van der Waals surface area contributed by atoms with Crippen LogP contribution in [0.5, 0.6) is 0 Å². The zero-order chi connectivity index (χ0) is 20.6. The molecule has 0 radical (unpaired) electrons. The maximum absolute atomic E-state index is 12.3. The van der Waals surface area contributed by atoms with Gasteiger partial charge in [-0.1, -0.05) is 0 Å². The first-order valence-electron chi connectivity index (χ1n) is 9.63. The molecule has 1 fully saturated rings. The molecule has 154 valence electrons. The van der Waals surface area contributed by atoms with Crippen LogP contribution in [0.4, 0.5) is 5.69 Å². The minimum Gasteiger partial charge on any atom is -0.462 e. The molecule has 1 saturated heterocycles. The number of anilines is 1. The highest BCUT2D eigenvalue weighted by Gasteiger charge is 2.22. The number of benzene rings is 1. The Kier molecular flexibility index (Phi) is 7.15. The molecule has 3 rings (SSSR count). The van der Waals surface area contributed by atoms with Gasteiger partial charge in [-0.2, -0.15) is 0 Å². The van der Waals surface area contributed by atoms with Gasteiger partial charge in [0.25, 0.3) is 0 Å². The Morgan fingerprint density at radius 3 is 2.24 bits per heavy atom. The highest BCUT2D eigenvalue weighted by molar-refractivity contribution is 5.95. The van der Waals surface area contributed by atoms with Crippen molar-refractivity contribution in [3.63, 3.8) is 0 Å². The van der Waals surface area contributed by atoms with E-state index >= 15 is 0 Å². The number of hydrogen-bond donors (Lipinski definition) is 1. The number of nitrogens with zero attached hydrogens (tertiary/aromatic N) is 2. The fourth-order valence-corrected chi connectivity index (χ4v) is 3.13. The molecule has 2 aromatic rings. The van der Waals surface area contributed by atoms with Crippen LogP contribution in [-0.4, -0.2) is 73.3 Å². The molecule has 1 aliphatic rings. The van der Waals surface area contributed by atoms with Crippen LogP contribution in [-0.2, 0) is 9.53 Å². The molecule has 1 aromatic heterocycles. The van der Waals surface area contributed by atoms with Gasteiger partial charge in [0.1, 0.15) is 0 Å². The number of furan rings is 1. The zero-order valence-electron chi connectivity index (χ0n) is 16.4. The van der Waals surface area contributed by atoms with Crippen molar-refractivity contribution < 1.29 is 23.5 Å². The molecule has 1 aliphatic heterocycles. The van der Waals surface area contributed by atoms with Crippen molar-refractivity contribution in [2.24, 2.45) is 0 Å². The average Bonchev–Trinajstić information content (AvgIpc) is 3.25. The average molecular weight is 399 g/mol. The van der Waals surface area contributed by atoms with E-state index in [-0.39, 0.29) is 24.2 Å². The van der Waals surface area contributed by atoms with Crippen molar-refractivity contribution in [2.75, 3.05) is 51.2 Å². The second-order valence-electron chi connectivity index (χ2n) is 6.80. The first kappa shape index (κ1) is 20.8. The van der Waals surface area contributed by atoms with Gasteiger partial charge >= 0.3 is 5.97 Å². The van der Waals surface area contributed by atoms with E-state index in [1.807, 2.05) is 0 Å². The Balaban J connectivity index is 1.40. The van der Waals surface area contributed by atoms with Crippen LogP contribution in [0, 0.1) is 0 Å². The summed E-state index contributed by atoms with van der Waals surface area (Å²) in [6, 6.07) is 9.99. The molecule has 0 aliphatic carbocycles. The van der Waals surface area contributed by atoms with Crippen LogP contribution >= 0.6 is 0 Å². The van der Waals surface area contributed by atoms with E-state index in [0.29, 0.717) is 56.3 Å². The van der Waals surface area contributed by atoms with Gasteiger partial charge in [-0.05, 0) is 43.3 Å². The lowest BCUT2D eigenvalue weighted by Gasteiger charge is -2.33. The van der Waals surface area contributed by atoms with Gasteiger partial charge in [0.15, 0.2) is 5.76 Å². The highest BCUT2D eigenvalue weighted by Crippen LogP contribution is 2.11. The molecule has 2 heterocycles. The SMILES string of the molecule is CCOC(=O)c1ccc(NC(=O)CN2CCN(CC(=O)c3ccco3)CC2)cc1. The maximum atomic E-state index is 12.3. The Hall–Kier alpha value is -2.97. The van der Waals surface area contributed by atoms with Gasteiger partial charge in [0, 0.05) is 31.9 Å². The Morgan fingerprint density at radius 1 is 1.00 bits per heavy atom. The fourth-order valence-electron chi connectivity index (χ4n) is 3.13. The summed E-state index contributed by atoms with van der Waals surface area (Å²) in [4.78, 5) is 40.2. The number of carbonyl (C=O) groups is 3. The molecule has 1 aromatic carbocycles. The van der Waals surface area contributed by atoms with E-state index < -0.39 is 0 Å².